The Morgan fingerprint density at radius 3 is 2.39 bits per heavy atom. The van der Waals surface area contributed by atoms with E-state index in [2.05, 4.69) is 0 Å². The molecule has 0 spiro atoms. The van der Waals surface area contributed by atoms with Gasteiger partial charge >= 0.3 is 0 Å². The van der Waals surface area contributed by atoms with Crippen LogP contribution < -0.4 is 4.74 Å². The number of rotatable bonds is 4. The van der Waals surface area contributed by atoms with E-state index in [0.717, 1.165) is 28.7 Å². The molecule has 0 unspecified atom stereocenters. The summed E-state index contributed by atoms with van der Waals surface area (Å²) in [5.41, 5.74) is 4.09. The molecule has 0 saturated heterocycles. The third kappa shape index (κ3) is 2.59. The highest BCUT2D eigenvalue weighted by molar-refractivity contribution is 5.78. The molecule has 2 heteroatoms. The van der Waals surface area contributed by atoms with Gasteiger partial charge in [0.25, 0.3) is 0 Å². The molecule has 0 N–H and O–H groups in total. The van der Waals surface area contributed by atoms with Gasteiger partial charge in [0.05, 0.1) is 6.61 Å². The van der Waals surface area contributed by atoms with Crippen molar-refractivity contribution in [2.24, 2.45) is 0 Å². The van der Waals surface area contributed by atoms with Crippen molar-refractivity contribution in [3.8, 4) is 16.9 Å². The molecule has 0 saturated carbocycles. The number of carbonyl (C=O) groups excluding carboxylic acids is 1. The first-order valence-corrected chi connectivity index (χ1v) is 6.03. The van der Waals surface area contributed by atoms with Crippen molar-refractivity contribution in [2.45, 2.75) is 13.8 Å². The first kappa shape index (κ1) is 12.4. The molecule has 92 valence electrons. The molecule has 2 aromatic rings. The fourth-order valence-electron chi connectivity index (χ4n) is 1.98. The van der Waals surface area contributed by atoms with Crippen LogP contribution in [0.25, 0.3) is 11.1 Å². The van der Waals surface area contributed by atoms with Crippen LogP contribution in [-0.2, 0) is 0 Å². The molecule has 0 amide bonds. The molecule has 0 aliphatic rings. The lowest BCUT2D eigenvalue weighted by atomic mass is 9.99. The van der Waals surface area contributed by atoms with E-state index in [1.54, 1.807) is 0 Å². The second kappa shape index (κ2) is 5.50. The highest BCUT2D eigenvalue weighted by atomic mass is 16.5. The Morgan fingerprint density at radius 1 is 1.11 bits per heavy atom. The fraction of sp³-hybridized carbons (Fsp3) is 0.188. The van der Waals surface area contributed by atoms with E-state index in [9.17, 15) is 4.79 Å². The highest BCUT2D eigenvalue weighted by Crippen LogP contribution is 2.26. The number of hydrogen-bond donors (Lipinski definition) is 0. The average molecular weight is 240 g/mol. The van der Waals surface area contributed by atoms with Crippen molar-refractivity contribution in [3.05, 3.63) is 53.6 Å². The molecule has 2 nitrogen and oxygen atoms in total. The summed E-state index contributed by atoms with van der Waals surface area (Å²) in [4.78, 5) is 10.7. The number of aldehydes is 1. The summed E-state index contributed by atoms with van der Waals surface area (Å²) in [6, 6.07) is 13.7. The third-order valence-electron chi connectivity index (χ3n) is 2.86. The minimum atomic E-state index is 0.673. The van der Waals surface area contributed by atoms with Gasteiger partial charge in [-0.15, -0.1) is 0 Å². The van der Waals surface area contributed by atoms with Gasteiger partial charge < -0.3 is 4.74 Å². The second-order valence-corrected chi connectivity index (χ2v) is 4.15. The Morgan fingerprint density at radius 2 is 1.83 bits per heavy atom. The Labute approximate surface area is 107 Å². The van der Waals surface area contributed by atoms with E-state index >= 15 is 0 Å². The van der Waals surface area contributed by atoms with Gasteiger partial charge in [-0.2, -0.15) is 0 Å². The molecule has 0 heterocycles. The Hall–Kier alpha value is -2.09. The summed E-state index contributed by atoms with van der Waals surface area (Å²) in [6.07, 6.45) is 0.870. The molecule has 18 heavy (non-hydrogen) atoms. The minimum absolute atomic E-state index is 0.673. The topological polar surface area (TPSA) is 26.3 Å². The van der Waals surface area contributed by atoms with Crippen molar-refractivity contribution >= 4 is 6.29 Å². The molecule has 0 fully saturated rings. The normalized spacial score (nSPS) is 10.1. The molecule has 2 rings (SSSR count). The molecular formula is C16H16O2. The van der Waals surface area contributed by atoms with Crippen molar-refractivity contribution in [1.29, 1.82) is 0 Å². The van der Waals surface area contributed by atoms with Crippen LogP contribution in [0.15, 0.2) is 42.5 Å². The van der Waals surface area contributed by atoms with Gasteiger partial charge in [-0.25, -0.2) is 0 Å². The number of benzene rings is 2. The summed E-state index contributed by atoms with van der Waals surface area (Å²) in [5.74, 6) is 0.878. The summed E-state index contributed by atoms with van der Waals surface area (Å²) in [7, 11) is 0. The zero-order valence-electron chi connectivity index (χ0n) is 10.6. The van der Waals surface area contributed by atoms with Crippen molar-refractivity contribution < 1.29 is 9.53 Å². The predicted molar refractivity (Wildman–Crippen MR) is 73.2 cm³/mol. The van der Waals surface area contributed by atoms with E-state index in [0.29, 0.717) is 12.2 Å². The summed E-state index contributed by atoms with van der Waals surface area (Å²) >= 11 is 0. The maximum absolute atomic E-state index is 10.7. The molecule has 0 radical (unpaired) electrons. The average Bonchev–Trinajstić information content (AvgIpc) is 2.40. The molecule has 0 aromatic heterocycles. The van der Waals surface area contributed by atoms with Gasteiger partial charge in [-0.05, 0) is 48.7 Å². The van der Waals surface area contributed by atoms with Crippen molar-refractivity contribution in [3.63, 3.8) is 0 Å². The lowest BCUT2D eigenvalue weighted by molar-refractivity contribution is 0.112. The number of hydrogen-bond acceptors (Lipinski definition) is 2. The molecule has 2 aromatic carbocycles. The van der Waals surface area contributed by atoms with E-state index in [1.165, 1.54) is 0 Å². The van der Waals surface area contributed by atoms with E-state index in [4.69, 9.17) is 4.74 Å². The van der Waals surface area contributed by atoms with Gasteiger partial charge in [0.2, 0.25) is 0 Å². The first-order chi connectivity index (χ1) is 8.74. The summed E-state index contributed by atoms with van der Waals surface area (Å²) < 4.78 is 5.42. The van der Waals surface area contributed by atoms with E-state index in [1.807, 2.05) is 56.3 Å². The number of carbonyl (C=O) groups is 1. The van der Waals surface area contributed by atoms with Crippen LogP contribution in [-0.4, -0.2) is 12.9 Å². The van der Waals surface area contributed by atoms with Crippen LogP contribution in [0.1, 0.15) is 22.8 Å². The van der Waals surface area contributed by atoms with Gasteiger partial charge in [-0.1, -0.05) is 24.3 Å². The quantitative estimate of drug-likeness (QED) is 0.758. The minimum Gasteiger partial charge on any atom is -0.494 e. The van der Waals surface area contributed by atoms with Crippen LogP contribution in [0, 0.1) is 6.92 Å². The van der Waals surface area contributed by atoms with Crippen LogP contribution >= 0.6 is 0 Å². The van der Waals surface area contributed by atoms with Crippen LogP contribution in [0.4, 0.5) is 0 Å². The number of ether oxygens (including phenoxy) is 1. The maximum Gasteiger partial charge on any atom is 0.150 e. The maximum atomic E-state index is 10.7. The highest BCUT2D eigenvalue weighted by Gasteiger charge is 2.03. The fourth-order valence-corrected chi connectivity index (χ4v) is 1.98. The third-order valence-corrected chi connectivity index (χ3v) is 2.86. The lowest BCUT2D eigenvalue weighted by Crippen LogP contribution is -1.91. The van der Waals surface area contributed by atoms with Crippen LogP contribution in [0.2, 0.25) is 0 Å². The zero-order chi connectivity index (χ0) is 13.0. The monoisotopic (exact) mass is 240 g/mol. The predicted octanol–water partition coefficient (Wildman–Crippen LogP) is 3.87. The van der Waals surface area contributed by atoms with E-state index < -0.39 is 0 Å². The zero-order valence-corrected chi connectivity index (χ0v) is 10.6. The molecule has 0 aliphatic carbocycles. The Balaban J connectivity index is 2.33. The lowest BCUT2D eigenvalue weighted by Gasteiger charge is -2.08. The van der Waals surface area contributed by atoms with Gasteiger partial charge in [0.1, 0.15) is 12.0 Å². The van der Waals surface area contributed by atoms with Crippen LogP contribution in [0.3, 0.4) is 0 Å². The molecule has 0 bridgehead atoms. The van der Waals surface area contributed by atoms with Gasteiger partial charge in [0.15, 0.2) is 0 Å². The SMILES string of the molecule is CCOc1ccc(-c2ccc(C=O)cc2C)cc1. The van der Waals surface area contributed by atoms with Gasteiger partial charge in [0, 0.05) is 5.56 Å². The molecular weight excluding hydrogens is 224 g/mol. The van der Waals surface area contributed by atoms with Crippen molar-refractivity contribution in [1.82, 2.24) is 0 Å². The number of aryl methyl sites for hydroxylation is 1. The summed E-state index contributed by atoms with van der Waals surface area (Å²) in [5, 5.41) is 0. The summed E-state index contributed by atoms with van der Waals surface area (Å²) in [6.45, 7) is 4.65. The smallest absolute Gasteiger partial charge is 0.150 e. The Bertz CT molecular complexity index is 542. The first-order valence-electron chi connectivity index (χ1n) is 6.03. The standard InChI is InChI=1S/C16H16O2/c1-3-18-15-7-5-14(6-8-15)16-9-4-13(11-17)10-12(16)2/h4-11H,3H2,1-2H3. The van der Waals surface area contributed by atoms with E-state index in [-0.39, 0.29) is 0 Å². The second-order valence-electron chi connectivity index (χ2n) is 4.15. The van der Waals surface area contributed by atoms with Crippen LogP contribution in [0.5, 0.6) is 5.75 Å². The largest absolute Gasteiger partial charge is 0.494 e. The Kier molecular flexibility index (Phi) is 3.78. The molecule has 0 aliphatic heterocycles. The van der Waals surface area contributed by atoms with Crippen molar-refractivity contribution in [2.75, 3.05) is 6.61 Å². The molecule has 0 atom stereocenters. The van der Waals surface area contributed by atoms with Gasteiger partial charge in [-0.3, -0.25) is 4.79 Å².